The molecule has 7 nitrogen and oxygen atoms in total. The third-order valence-electron chi connectivity index (χ3n) is 5.44. The van der Waals surface area contributed by atoms with Gasteiger partial charge >= 0.3 is 12.1 Å². The molecular weight excluding hydrogens is 384 g/mol. The highest BCUT2D eigenvalue weighted by Crippen LogP contribution is 2.44. The summed E-state index contributed by atoms with van der Waals surface area (Å²) in [5, 5.41) is 11.6. The zero-order valence-corrected chi connectivity index (χ0v) is 16.3. The van der Waals surface area contributed by atoms with Gasteiger partial charge in [0.1, 0.15) is 12.6 Å². The average molecular weight is 406 g/mol. The summed E-state index contributed by atoms with van der Waals surface area (Å²) in [6, 6.07) is 14.8. The molecule has 30 heavy (non-hydrogen) atoms. The van der Waals surface area contributed by atoms with Crippen molar-refractivity contribution in [3.05, 3.63) is 71.8 Å². The van der Waals surface area contributed by atoms with E-state index in [0.29, 0.717) is 13.1 Å². The number of ether oxygens (including phenoxy) is 1. The Morgan fingerprint density at radius 2 is 1.57 bits per heavy atom. The highest BCUT2D eigenvalue weighted by Gasteiger charge is 2.31. The van der Waals surface area contributed by atoms with Gasteiger partial charge < -0.3 is 20.1 Å². The number of nitrogens with zero attached hydrogens (tertiary/aromatic N) is 1. The van der Waals surface area contributed by atoms with Crippen molar-refractivity contribution in [3.63, 3.8) is 0 Å². The number of fused-ring (bicyclic) bond motifs is 3. The number of benzene rings is 2. The number of carboxylic acids is 1. The Hall–Kier alpha value is -3.61. The van der Waals surface area contributed by atoms with Gasteiger partial charge in [0.2, 0.25) is 5.91 Å². The van der Waals surface area contributed by atoms with Gasteiger partial charge in [0, 0.05) is 19.0 Å². The summed E-state index contributed by atoms with van der Waals surface area (Å²) >= 11 is 0. The summed E-state index contributed by atoms with van der Waals surface area (Å²) < 4.78 is 5.44. The molecule has 0 radical (unpaired) electrons. The lowest BCUT2D eigenvalue weighted by Crippen LogP contribution is -2.49. The Morgan fingerprint density at radius 3 is 2.13 bits per heavy atom. The maximum Gasteiger partial charge on any atom is 0.407 e. The number of rotatable bonds is 6. The summed E-state index contributed by atoms with van der Waals surface area (Å²) in [5.74, 6) is -1.71. The van der Waals surface area contributed by atoms with E-state index in [1.54, 1.807) is 0 Å². The third kappa shape index (κ3) is 3.91. The number of hydrogen-bond acceptors (Lipinski definition) is 4. The highest BCUT2D eigenvalue weighted by atomic mass is 16.5. The molecule has 154 valence electrons. The molecule has 1 heterocycles. The molecule has 1 atom stereocenters. The minimum absolute atomic E-state index is 0.0963. The second kappa shape index (κ2) is 8.41. The molecule has 4 rings (SSSR count). The first-order valence-electron chi connectivity index (χ1n) is 9.81. The zero-order valence-electron chi connectivity index (χ0n) is 16.3. The number of carboxylic acid groups (broad SMARTS) is 1. The molecule has 1 unspecified atom stereocenters. The molecule has 2 N–H and O–H groups in total. The lowest BCUT2D eigenvalue weighted by molar-refractivity contribution is -0.142. The van der Waals surface area contributed by atoms with Gasteiger partial charge in [-0.25, -0.2) is 4.79 Å². The fraction of sp³-hybridized carbons (Fsp3) is 0.261. The van der Waals surface area contributed by atoms with Crippen LogP contribution in [0.25, 0.3) is 11.1 Å². The van der Waals surface area contributed by atoms with Gasteiger partial charge in [-0.1, -0.05) is 60.7 Å². The van der Waals surface area contributed by atoms with Gasteiger partial charge in [0.05, 0.1) is 6.42 Å². The van der Waals surface area contributed by atoms with Crippen molar-refractivity contribution in [3.8, 4) is 11.1 Å². The number of aliphatic carboxylic acids is 1. The molecule has 0 spiro atoms. The van der Waals surface area contributed by atoms with Gasteiger partial charge in [-0.05, 0) is 22.3 Å². The molecule has 0 aromatic heterocycles. The van der Waals surface area contributed by atoms with E-state index >= 15 is 0 Å². The quantitative estimate of drug-likeness (QED) is 0.719. The zero-order chi connectivity index (χ0) is 21.1. The molecule has 0 saturated heterocycles. The van der Waals surface area contributed by atoms with Crippen molar-refractivity contribution in [1.82, 2.24) is 10.2 Å². The second-order valence-electron chi connectivity index (χ2n) is 7.33. The summed E-state index contributed by atoms with van der Waals surface area (Å²) in [6.07, 6.45) is 2.34. The Balaban J connectivity index is 1.43. The summed E-state index contributed by atoms with van der Waals surface area (Å²) in [4.78, 5) is 37.6. The first-order valence-corrected chi connectivity index (χ1v) is 9.81. The maximum atomic E-state index is 12.6. The number of carbonyl (C=O) groups is 3. The van der Waals surface area contributed by atoms with Crippen LogP contribution in [-0.4, -0.2) is 53.7 Å². The Bertz CT molecular complexity index is 963. The van der Waals surface area contributed by atoms with Crippen LogP contribution in [0.4, 0.5) is 4.79 Å². The summed E-state index contributed by atoms with van der Waals surface area (Å²) in [7, 11) is 0. The predicted molar refractivity (Wildman–Crippen MR) is 110 cm³/mol. The first-order chi connectivity index (χ1) is 14.5. The molecule has 1 aliphatic heterocycles. The van der Waals surface area contributed by atoms with Crippen molar-refractivity contribution in [2.45, 2.75) is 18.4 Å². The number of hydrogen-bond donors (Lipinski definition) is 2. The SMILES string of the molecule is O=C(O)CC(NC(=O)OCC1c2ccccc2-c2ccccc21)C(=O)N1CC=CC1. The average Bonchev–Trinajstić information content (AvgIpc) is 3.38. The van der Waals surface area contributed by atoms with Gasteiger partial charge in [-0.3, -0.25) is 9.59 Å². The van der Waals surface area contributed by atoms with E-state index in [9.17, 15) is 14.4 Å². The highest BCUT2D eigenvalue weighted by molar-refractivity contribution is 5.89. The Labute approximate surface area is 174 Å². The number of alkyl carbamates (subject to hydrolysis) is 1. The monoisotopic (exact) mass is 406 g/mol. The van der Waals surface area contributed by atoms with Gasteiger partial charge in [-0.15, -0.1) is 0 Å². The van der Waals surface area contributed by atoms with Gasteiger partial charge in [0.15, 0.2) is 0 Å². The van der Waals surface area contributed by atoms with Crippen LogP contribution in [0.1, 0.15) is 23.5 Å². The van der Waals surface area contributed by atoms with E-state index in [-0.39, 0.29) is 12.5 Å². The molecule has 2 aromatic carbocycles. The summed E-state index contributed by atoms with van der Waals surface area (Å²) in [6.45, 7) is 0.905. The van der Waals surface area contributed by atoms with E-state index in [0.717, 1.165) is 22.3 Å². The van der Waals surface area contributed by atoms with Crippen LogP contribution in [0, 0.1) is 0 Å². The van der Waals surface area contributed by atoms with Crippen molar-refractivity contribution in [1.29, 1.82) is 0 Å². The van der Waals surface area contributed by atoms with Gasteiger partial charge in [0.25, 0.3) is 0 Å². The van der Waals surface area contributed by atoms with Crippen LogP contribution in [0.3, 0.4) is 0 Å². The lowest BCUT2D eigenvalue weighted by Gasteiger charge is -2.23. The largest absolute Gasteiger partial charge is 0.481 e. The minimum atomic E-state index is -1.17. The van der Waals surface area contributed by atoms with E-state index in [4.69, 9.17) is 9.84 Å². The van der Waals surface area contributed by atoms with Crippen LogP contribution in [0.5, 0.6) is 0 Å². The van der Waals surface area contributed by atoms with E-state index in [1.165, 1.54) is 4.90 Å². The van der Waals surface area contributed by atoms with E-state index < -0.39 is 30.4 Å². The third-order valence-corrected chi connectivity index (χ3v) is 5.44. The Morgan fingerprint density at radius 1 is 1.00 bits per heavy atom. The number of nitrogens with one attached hydrogen (secondary N) is 1. The molecule has 7 heteroatoms. The molecule has 2 aromatic rings. The van der Waals surface area contributed by atoms with Crippen LogP contribution >= 0.6 is 0 Å². The van der Waals surface area contributed by atoms with Crippen LogP contribution in [-0.2, 0) is 14.3 Å². The maximum absolute atomic E-state index is 12.6. The normalized spacial score (nSPS) is 15.4. The minimum Gasteiger partial charge on any atom is -0.481 e. The lowest BCUT2D eigenvalue weighted by atomic mass is 9.98. The topological polar surface area (TPSA) is 95.9 Å². The van der Waals surface area contributed by atoms with Gasteiger partial charge in [-0.2, -0.15) is 0 Å². The standard InChI is InChI=1S/C23H22N2O5/c26-21(27)13-20(22(28)25-11-5-6-12-25)24-23(29)30-14-19-17-9-3-1-7-15(17)16-8-2-4-10-18(16)19/h1-10,19-20H,11-14H2,(H,24,29)(H,26,27). The van der Waals surface area contributed by atoms with E-state index in [2.05, 4.69) is 5.32 Å². The first kappa shape index (κ1) is 19.7. The number of carbonyl (C=O) groups excluding carboxylic acids is 2. The molecular formula is C23H22N2O5. The molecule has 0 bridgehead atoms. The van der Waals surface area contributed by atoms with Crippen LogP contribution < -0.4 is 5.32 Å². The predicted octanol–water partition coefficient (Wildman–Crippen LogP) is 2.77. The molecule has 2 aliphatic rings. The van der Waals surface area contributed by atoms with Crippen molar-refractivity contribution in [2.75, 3.05) is 19.7 Å². The smallest absolute Gasteiger partial charge is 0.407 e. The van der Waals surface area contributed by atoms with Crippen LogP contribution in [0.2, 0.25) is 0 Å². The van der Waals surface area contributed by atoms with Crippen molar-refractivity contribution in [2.24, 2.45) is 0 Å². The molecule has 2 amide bonds. The van der Waals surface area contributed by atoms with Crippen LogP contribution in [0.15, 0.2) is 60.7 Å². The molecule has 1 aliphatic carbocycles. The summed E-state index contributed by atoms with van der Waals surface area (Å²) in [5.41, 5.74) is 4.38. The number of amides is 2. The second-order valence-corrected chi connectivity index (χ2v) is 7.33. The molecule has 0 fully saturated rings. The fourth-order valence-electron chi connectivity index (χ4n) is 4.04. The van der Waals surface area contributed by atoms with E-state index in [1.807, 2.05) is 60.7 Å². The van der Waals surface area contributed by atoms with Crippen molar-refractivity contribution >= 4 is 18.0 Å². The Kier molecular flexibility index (Phi) is 5.52. The fourth-order valence-corrected chi connectivity index (χ4v) is 4.04. The molecule has 0 saturated carbocycles. The van der Waals surface area contributed by atoms with Crippen molar-refractivity contribution < 1.29 is 24.2 Å².